The minimum atomic E-state index is -0.335. The minimum Gasteiger partial charge on any atom is -0.493 e. The first-order chi connectivity index (χ1) is 14.5. The molecule has 4 rings (SSSR count). The van der Waals surface area contributed by atoms with Gasteiger partial charge in [0.1, 0.15) is 5.82 Å². The zero-order valence-corrected chi connectivity index (χ0v) is 17.4. The molecule has 2 aliphatic rings. The largest absolute Gasteiger partial charge is 0.493 e. The molecular formula is C22H20FN3O3S. The summed E-state index contributed by atoms with van der Waals surface area (Å²) in [5.74, 6) is 1.03. The third-order valence-corrected chi connectivity index (χ3v) is 6.45. The van der Waals surface area contributed by atoms with Crippen LogP contribution >= 0.6 is 11.8 Å². The second kappa shape index (κ2) is 8.28. The topological polar surface area (TPSA) is 65.8 Å². The molecule has 0 bridgehead atoms. The summed E-state index contributed by atoms with van der Waals surface area (Å²) in [6.45, 7) is 0.330. The van der Waals surface area contributed by atoms with Crippen molar-refractivity contribution in [1.29, 1.82) is 5.26 Å². The van der Waals surface area contributed by atoms with Gasteiger partial charge in [-0.3, -0.25) is 9.69 Å². The highest BCUT2D eigenvalue weighted by Gasteiger charge is 2.38. The summed E-state index contributed by atoms with van der Waals surface area (Å²) < 4.78 is 23.9. The van der Waals surface area contributed by atoms with Crippen LogP contribution in [0.2, 0.25) is 0 Å². The SMILES string of the molecule is COc1ccc(C2CC(=O)N3CN(c4ccc(F)cc4)CSC3=C2C#N)cc1OC. The normalized spacial score (nSPS) is 18.7. The van der Waals surface area contributed by atoms with Gasteiger partial charge in [0.05, 0.1) is 43.4 Å². The predicted molar refractivity (Wildman–Crippen MR) is 113 cm³/mol. The Morgan fingerprint density at radius 3 is 2.53 bits per heavy atom. The lowest BCUT2D eigenvalue weighted by molar-refractivity contribution is -0.129. The van der Waals surface area contributed by atoms with Crippen LogP contribution in [0.25, 0.3) is 0 Å². The van der Waals surface area contributed by atoms with Gasteiger partial charge in [-0.15, -0.1) is 0 Å². The molecule has 6 nitrogen and oxygen atoms in total. The number of ether oxygens (including phenoxy) is 2. The maximum absolute atomic E-state index is 13.2. The van der Waals surface area contributed by atoms with Crippen LogP contribution in [0, 0.1) is 17.1 Å². The molecule has 30 heavy (non-hydrogen) atoms. The van der Waals surface area contributed by atoms with Crippen molar-refractivity contribution in [2.45, 2.75) is 12.3 Å². The van der Waals surface area contributed by atoms with Crippen LogP contribution in [0.3, 0.4) is 0 Å². The van der Waals surface area contributed by atoms with E-state index >= 15 is 0 Å². The molecule has 2 aromatic rings. The van der Waals surface area contributed by atoms with E-state index in [1.807, 2.05) is 17.0 Å². The van der Waals surface area contributed by atoms with E-state index in [4.69, 9.17) is 9.47 Å². The number of thioether (sulfide) groups is 1. The third kappa shape index (κ3) is 3.57. The van der Waals surface area contributed by atoms with E-state index in [0.29, 0.717) is 34.6 Å². The molecule has 2 aromatic carbocycles. The molecule has 8 heteroatoms. The molecule has 0 aliphatic carbocycles. The number of nitrogens with zero attached hydrogens (tertiary/aromatic N) is 3. The highest BCUT2D eigenvalue weighted by molar-refractivity contribution is 8.03. The monoisotopic (exact) mass is 425 g/mol. The number of anilines is 1. The van der Waals surface area contributed by atoms with Crippen molar-refractivity contribution in [2.24, 2.45) is 0 Å². The van der Waals surface area contributed by atoms with E-state index in [1.165, 1.54) is 23.9 Å². The zero-order chi connectivity index (χ0) is 21.3. The van der Waals surface area contributed by atoms with Crippen LogP contribution in [-0.4, -0.2) is 37.6 Å². The molecule has 1 unspecified atom stereocenters. The Labute approximate surface area is 178 Å². The van der Waals surface area contributed by atoms with Crippen molar-refractivity contribution < 1.29 is 18.7 Å². The molecule has 2 aliphatic heterocycles. The molecule has 0 saturated carbocycles. The fourth-order valence-electron chi connectivity index (χ4n) is 3.73. The molecule has 0 spiro atoms. The number of hydrogen-bond donors (Lipinski definition) is 0. The number of allylic oxidation sites excluding steroid dienone is 1. The number of benzene rings is 2. The lowest BCUT2D eigenvalue weighted by Crippen LogP contribution is -2.47. The molecule has 1 fully saturated rings. The number of carbonyl (C=O) groups excluding carboxylic acids is 1. The first-order valence-corrected chi connectivity index (χ1v) is 10.3. The second-order valence-corrected chi connectivity index (χ2v) is 7.89. The summed E-state index contributed by atoms with van der Waals surface area (Å²) in [6, 6.07) is 14.0. The Morgan fingerprint density at radius 1 is 1.13 bits per heavy atom. The number of hydrogen-bond acceptors (Lipinski definition) is 6. The Kier molecular flexibility index (Phi) is 5.55. The van der Waals surface area contributed by atoms with E-state index < -0.39 is 0 Å². The smallest absolute Gasteiger partial charge is 0.229 e. The molecule has 2 heterocycles. The van der Waals surface area contributed by atoms with Crippen molar-refractivity contribution in [3.8, 4) is 17.6 Å². The highest BCUT2D eigenvalue weighted by Crippen LogP contribution is 2.44. The Bertz CT molecular complexity index is 1050. The second-order valence-electron chi connectivity index (χ2n) is 6.95. The van der Waals surface area contributed by atoms with Crippen LogP contribution in [0.4, 0.5) is 10.1 Å². The van der Waals surface area contributed by atoms with Gasteiger partial charge < -0.3 is 14.4 Å². The van der Waals surface area contributed by atoms with Gasteiger partial charge in [0.2, 0.25) is 5.91 Å². The quantitative estimate of drug-likeness (QED) is 0.736. The standard InChI is InChI=1S/C22H20FN3O3S/c1-28-19-8-3-14(9-20(19)29-2)17-10-21(27)26-12-25(13-30-22(26)18(17)11-24)16-6-4-15(23)5-7-16/h3-9,17H,10,12-13H2,1-2H3. The van der Waals surface area contributed by atoms with Crippen molar-refractivity contribution in [2.75, 3.05) is 31.7 Å². The van der Waals surface area contributed by atoms with Crippen molar-refractivity contribution >= 4 is 23.4 Å². The summed E-state index contributed by atoms with van der Waals surface area (Å²) in [6.07, 6.45) is 0.194. The average Bonchev–Trinajstić information content (AvgIpc) is 2.78. The summed E-state index contributed by atoms with van der Waals surface area (Å²) >= 11 is 1.45. The third-order valence-electron chi connectivity index (χ3n) is 5.30. The lowest BCUT2D eigenvalue weighted by atomic mass is 9.86. The van der Waals surface area contributed by atoms with Gasteiger partial charge in [-0.2, -0.15) is 5.26 Å². The van der Waals surface area contributed by atoms with Gasteiger partial charge >= 0.3 is 0 Å². The van der Waals surface area contributed by atoms with E-state index in [1.54, 1.807) is 37.3 Å². The fourth-order valence-corrected chi connectivity index (χ4v) is 4.90. The average molecular weight is 425 g/mol. The Morgan fingerprint density at radius 2 is 1.87 bits per heavy atom. The van der Waals surface area contributed by atoms with Gasteiger partial charge in [0.15, 0.2) is 11.5 Å². The molecule has 1 amide bonds. The number of carbonyl (C=O) groups is 1. The number of amides is 1. The minimum absolute atomic E-state index is 0.0527. The van der Waals surface area contributed by atoms with Gasteiger partial charge in [0.25, 0.3) is 0 Å². The van der Waals surface area contributed by atoms with E-state index in [0.717, 1.165) is 11.3 Å². The predicted octanol–water partition coefficient (Wildman–Crippen LogP) is 4.06. The number of fused-ring (bicyclic) bond motifs is 1. The van der Waals surface area contributed by atoms with Crippen molar-refractivity contribution in [3.63, 3.8) is 0 Å². The molecular weight excluding hydrogens is 405 g/mol. The number of methoxy groups -OCH3 is 2. The van der Waals surface area contributed by atoms with Crippen LogP contribution in [0.1, 0.15) is 17.9 Å². The van der Waals surface area contributed by atoms with Crippen LogP contribution in [-0.2, 0) is 4.79 Å². The zero-order valence-electron chi connectivity index (χ0n) is 16.6. The van der Waals surface area contributed by atoms with E-state index in [2.05, 4.69) is 6.07 Å². The summed E-state index contributed by atoms with van der Waals surface area (Å²) in [4.78, 5) is 16.6. The first-order valence-electron chi connectivity index (χ1n) is 9.35. The number of rotatable bonds is 4. The molecule has 0 N–H and O–H groups in total. The fraction of sp³-hybridized carbons (Fsp3) is 0.273. The number of nitriles is 1. The Balaban J connectivity index is 1.66. The maximum Gasteiger partial charge on any atom is 0.229 e. The van der Waals surface area contributed by atoms with Gasteiger partial charge in [-0.1, -0.05) is 17.8 Å². The van der Waals surface area contributed by atoms with Gasteiger partial charge in [-0.25, -0.2) is 4.39 Å². The van der Waals surface area contributed by atoms with Crippen LogP contribution < -0.4 is 14.4 Å². The maximum atomic E-state index is 13.2. The first kappa shape index (κ1) is 20.1. The van der Waals surface area contributed by atoms with Crippen LogP contribution in [0.15, 0.2) is 53.1 Å². The van der Waals surface area contributed by atoms with E-state index in [9.17, 15) is 14.4 Å². The highest BCUT2D eigenvalue weighted by atomic mass is 32.2. The Hall–Kier alpha value is -3.18. The molecule has 1 atom stereocenters. The lowest BCUT2D eigenvalue weighted by Gasteiger charge is -2.42. The molecule has 154 valence electrons. The van der Waals surface area contributed by atoms with Crippen LogP contribution in [0.5, 0.6) is 11.5 Å². The van der Waals surface area contributed by atoms with Crippen molar-refractivity contribution in [1.82, 2.24) is 4.90 Å². The molecule has 0 aromatic heterocycles. The van der Waals surface area contributed by atoms with Gasteiger partial charge in [-0.05, 0) is 42.0 Å². The summed E-state index contributed by atoms with van der Waals surface area (Å²) in [5.41, 5.74) is 2.24. The summed E-state index contributed by atoms with van der Waals surface area (Å²) in [7, 11) is 3.12. The number of halogens is 1. The van der Waals surface area contributed by atoms with E-state index in [-0.39, 0.29) is 24.1 Å². The summed E-state index contributed by atoms with van der Waals surface area (Å²) in [5, 5.41) is 10.6. The van der Waals surface area contributed by atoms with Gasteiger partial charge in [0, 0.05) is 18.0 Å². The van der Waals surface area contributed by atoms with Crippen molar-refractivity contribution in [3.05, 3.63) is 64.4 Å². The molecule has 1 saturated heterocycles. The molecule has 0 radical (unpaired) electrons.